The highest BCUT2D eigenvalue weighted by Gasteiger charge is 2.17. The molecule has 0 aromatic heterocycles. The van der Waals surface area contributed by atoms with Crippen molar-refractivity contribution in [1.29, 1.82) is 0 Å². The van der Waals surface area contributed by atoms with Gasteiger partial charge in [0.25, 0.3) is 5.91 Å². The fraction of sp³-hybridized carbons (Fsp3) is 0.125. The van der Waals surface area contributed by atoms with Crippen LogP contribution in [0.1, 0.15) is 27.9 Å². The van der Waals surface area contributed by atoms with Crippen molar-refractivity contribution in [2.45, 2.75) is 12.8 Å². The molecule has 0 aliphatic heterocycles. The van der Waals surface area contributed by atoms with E-state index in [4.69, 9.17) is 0 Å². The molecular formula is C16H14N2O. The fourth-order valence-corrected chi connectivity index (χ4v) is 2.30. The highest BCUT2D eigenvalue weighted by atomic mass is 16.2. The molecule has 1 N–H and O–H groups in total. The number of hydrazone groups is 1. The Kier molecular flexibility index (Phi) is 3.11. The molecule has 0 saturated carbocycles. The molecule has 2 aromatic carbocycles. The second-order valence-corrected chi connectivity index (χ2v) is 4.52. The van der Waals surface area contributed by atoms with Gasteiger partial charge in [-0.1, -0.05) is 42.5 Å². The minimum absolute atomic E-state index is 0.169. The number of aryl methyl sites for hydroxylation is 1. The van der Waals surface area contributed by atoms with Crippen molar-refractivity contribution in [3.63, 3.8) is 0 Å². The van der Waals surface area contributed by atoms with Crippen LogP contribution < -0.4 is 5.43 Å². The predicted molar refractivity (Wildman–Crippen MR) is 75.2 cm³/mol. The zero-order valence-electron chi connectivity index (χ0n) is 10.5. The van der Waals surface area contributed by atoms with Gasteiger partial charge in [0.05, 0.1) is 5.71 Å². The first-order valence-electron chi connectivity index (χ1n) is 6.35. The molecule has 2 aromatic rings. The van der Waals surface area contributed by atoms with Crippen LogP contribution in [0.5, 0.6) is 0 Å². The second kappa shape index (κ2) is 5.06. The number of benzene rings is 2. The number of carbonyl (C=O) groups excluding carboxylic acids is 1. The van der Waals surface area contributed by atoms with Gasteiger partial charge in [0, 0.05) is 11.1 Å². The number of nitrogens with zero attached hydrogens (tertiary/aromatic N) is 1. The van der Waals surface area contributed by atoms with E-state index in [1.807, 2.05) is 30.3 Å². The summed E-state index contributed by atoms with van der Waals surface area (Å²) in [5.41, 5.74) is 6.66. The third kappa shape index (κ3) is 2.40. The van der Waals surface area contributed by atoms with E-state index in [9.17, 15) is 4.79 Å². The SMILES string of the molecule is O=C(N/N=C1/CCc2ccccc21)c1ccccc1. The van der Waals surface area contributed by atoms with Gasteiger partial charge in [0.1, 0.15) is 0 Å². The number of amides is 1. The number of carbonyl (C=O) groups is 1. The largest absolute Gasteiger partial charge is 0.271 e. The Hall–Kier alpha value is -2.42. The number of hydrogen-bond donors (Lipinski definition) is 1. The van der Waals surface area contributed by atoms with Crippen LogP contribution in [0.3, 0.4) is 0 Å². The number of rotatable bonds is 2. The molecule has 1 amide bonds. The Morgan fingerprint density at radius 1 is 0.947 bits per heavy atom. The highest BCUT2D eigenvalue weighted by Crippen LogP contribution is 2.21. The maximum absolute atomic E-state index is 11.9. The van der Waals surface area contributed by atoms with Crippen molar-refractivity contribution in [2.24, 2.45) is 5.10 Å². The Labute approximate surface area is 112 Å². The summed E-state index contributed by atoms with van der Waals surface area (Å²) in [5.74, 6) is -0.169. The molecule has 1 aliphatic rings. The van der Waals surface area contributed by atoms with Crippen LogP contribution in [0.2, 0.25) is 0 Å². The molecule has 0 unspecified atom stereocenters. The molecule has 3 nitrogen and oxygen atoms in total. The minimum Gasteiger partial charge on any atom is -0.267 e. The van der Waals surface area contributed by atoms with E-state index >= 15 is 0 Å². The third-order valence-electron chi connectivity index (χ3n) is 3.29. The van der Waals surface area contributed by atoms with Crippen LogP contribution >= 0.6 is 0 Å². The lowest BCUT2D eigenvalue weighted by Crippen LogP contribution is -2.19. The molecule has 1 aliphatic carbocycles. The Morgan fingerprint density at radius 3 is 2.53 bits per heavy atom. The monoisotopic (exact) mass is 250 g/mol. The molecule has 0 heterocycles. The number of hydrogen-bond acceptors (Lipinski definition) is 2. The van der Waals surface area contributed by atoms with Crippen LogP contribution in [-0.4, -0.2) is 11.6 Å². The van der Waals surface area contributed by atoms with E-state index in [2.05, 4.69) is 22.7 Å². The van der Waals surface area contributed by atoms with Gasteiger partial charge in [-0.05, 0) is 30.5 Å². The average molecular weight is 250 g/mol. The quantitative estimate of drug-likeness (QED) is 0.818. The van der Waals surface area contributed by atoms with Crippen molar-refractivity contribution in [3.8, 4) is 0 Å². The molecule has 0 radical (unpaired) electrons. The maximum Gasteiger partial charge on any atom is 0.271 e. The molecule has 94 valence electrons. The van der Waals surface area contributed by atoms with E-state index in [-0.39, 0.29) is 5.91 Å². The molecule has 0 fully saturated rings. The lowest BCUT2D eigenvalue weighted by atomic mass is 10.1. The molecule has 3 heteroatoms. The summed E-state index contributed by atoms with van der Waals surface area (Å²) < 4.78 is 0. The molecule has 3 rings (SSSR count). The van der Waals surface area contributed by atoms with E-state index in [1.165, 1.54) is 5.56 Å². The molecule has 0 spiro atoms. The van der Waals surface area contributed by atoms with E-state index in [1.54, 1.807) is 12.1 Å². The van der Waals surface area contributed by atoms with Crippen molar-refractivity contribution in [3.05, 3.63) is 71.3 Å². The molecule has 0 saturated heterocycles. The Bertz CT molecular complexity index is 632. The summed E-state index contributed by atoms with van der Waals surface area (Å²) in [6.45, 7) is 0. The smallest absolute Gasteiger partial charge is 0.267 e. The Morgan fingerprint density at radius 2 is 1.68 bits per heavy atom. The zero-order valence-corrected chi connectivity index (χ0v) is 10.5. The minimum atomic E-state index is -0.169. The van der Waals surface area contributed by atoms with Gasteiger partial charge >= 0.3 is 0 Å². The lowest BCUT2D eigenvalue weighted by Gasteiger charge is -2.02. The van der Waals surface area contributed by atoms with Gasteiger partial charge in [0.2, 0.25) is 0 Å². The summed E-state index contributed by atoms with van der Waals surface area (Å²) in [7, 11) is 0. The fourth-order valence-electron chi connectivity index (χ4n) is 2.30. The first-order valence-corrected chi connectivity index (χ1v) is 6.35. The van der Waals surface area contributed by atoms with Gasteiger partial charge in [0.15, 0.2) is 0 Å². The van der Waals surface area contributed by atoms with Crippen molar-refractivity contribution < 1.29 is 4.79 Å². The van der Waals surface area contributed by atoms with Gasteiger partial charge in [-0.15, -0.1) is 0 Å². The summed E-state index contributed by atoms with van der Waals surface area (Å²) in [5, 5.41) is 4.26. The summed E-state index contributed by atoms with van der Waals surface area (Å²) in [6, 6.07) is 17.3. The highest BCUT2D eigenvalue weighted by molar-refractivity contribution is 6.05. The predicted octanol–water partition coefficient (Wildman–Crippen LogP) is 2.77. The van der Waals surface area contributed by atoms with E-state index < -0.39 is 0 Å². The molecule has 19 heavy (non-hydrogen) atoms. The van der Waals surface area contributed by atoms with Crippen molar-refractivity contribution in [2.75, 3.05) is 0 Å². The van der Waals surface area contributed by atoms with Crippen molar-refractivity contribution in [1.82, 2.24) is 5.43 Å². The molecule has 0 atom stereocenters. The molecular weight excluding hydrogens is 236 g/mol. The topological polar surface area (TPSA) is 41.5 Å². The van der Waals surface area contributed by atoms with E-state index in [0.29, 0.717) is 5.56 Å². The van der Waals surface area contributed by atoms with Gasteiger partial charge in [-0.3, -0.25) is 4.79 Å². The van der Waals surface area contributed by atoms with Gasteiger partial charge in [-0.2, -0.15) is 5.10 Å². The summed E-state index contributed by atoms with van der Waals surface area (Å²) in [4.78, 5) is 11.9. The standard InChI is InChI=1S/C16H14N2O/c19-16(13-7-2-1-3-8-13)18-17-15-11-10-12-6-4-5-9-14(12)15/h1-9H,10-11H2,(H,18,19)/b17-15-. The summed E-state index contributed by atoms with van der Waals surface area (Å²) in [6.07, 6.45) is 1.88. The summed E-state index contributed by atoms with van der Waals surface area (Å²) >= 11 is 0. The molecule has 0 bridgehead atoms. The number of nitrogens with one attached hydrogen (secondary N) is 1. The van der Waals surface area contributed by atoms with Crippen LogP contribution in [0.15, 0.2) is 59.7 Å². The van der Waals surface area contributed by atoms with Gasteiger partial charge < -0.3 is 0 Å². The van der Waals surface area contributed by atoms with Gasteiger partial charge in [-0.25, -0.2) is 5.43 Å². The Balaban J connectivity index is 1.77. The lowest BCUT2D eigenvalue weighted by molar-refractivity contribution is 0.0955. The first kappa shape index (κ1) is 11.7. The van der Waals surface area contributed by atoms with Crippen LogP contribution in [0, 0.1) is 0 Å². The first-order chi connectivity index (χ1) is 9.34. The zero-order chi connectivity index (χ0) is 13.1. The average Bonchev–Trinajstić information content (AvgIpc) is 2.89. The maximum atomic E-state index is 11.9. The number of fused-ring (bicyclic) bond motifs is 1. The van der Waals surface area contributed by atoms with Crippen LogP contribution in [-0.2, 0) is 6.42 Å². The van der Waals surface area contributed by atoms with E-state index in [0.717, 1.165) is 24.1 Å². The van der Waals surface area contributed by atoms with Crippen molar-refractivity contribution >= 4 is 11.6 Å². The van der Waals surface area contributed by atoms with Crippen LogP contribution in [0.25, 0.3) is 0 Å². The van der Waals surface area contributed by atoms with Crippen LogP contribution in [0.4, 0.5) is 0 Å². The normalized spacial score (nSPS) is 15.3. The third-order valence-corrected chi connectivity index (χ3v) is 3.29. The second-order valence-electron chi connectivity index (χ2n) is 4.52.